The number of benzene rings is 1. The highest BCUT2D eigenvalue weighted by Crippen LogP contribution is 2.31. The highest BCUT2D eigenvalue weighted by molar-refractivity contribution is 5.57. The van der Waals surface area contributed by atoms with E-state index in [9.17, 15) is 20.2 Å². The van der Waals surface area contributed by atoms with E-state index in [-0.39, 0.29) is 5.69 Å². The first kappa shape index (κ1) is 12.1. The summed E-state index contributed by atoms with van der Waals surface area (Å²) < 4.78 is 0. The summed E-state index contributed by atoms with van der Waals surface area (Å²) in [5.41, 5.74) is -0.374. The van der Waals surface area contributed by atoms with E-state index in [4.69, 9.17) is 0 Å². The van der Waals surface area contributed by atoms with Gasteiger partial charge in [0, 0.05) is 11.6 Å². The number of nitro benzene ring substituents is 2. The minimum Gasteiger partial charge on any atom is -0.258 e. The number of hydrogen-bond donors (Lipinski definition) is 0. The van der Waals surface area contributed by atoms with Crippen molar-refractivity contribution in [3.05, 3.63) is 44.0 Å². The van der Waals surface area contributed by atoms with Crippen molar-refractivity contribution in [3.8, 4) is 0 Å². The number of nitro groups is 2. The Labute approximate surface area is 92.2 Å². The maximum Gasteiger partial charge on any atom is 0.349 e. The maximum atomic E-state index is 10.8. The van der Waals surface area contributed by atoms with Gasteiger partial charge in [-0.15, -0.1) is 0 Å². The number of hydrogen-bond acceptors (Lipinski definition) is 4. The zero-order valence-corrected chi connectivity index (χ0v) is 8.88. The molecule has 0 N–H and O–H groups in total. The van der Waals surface area contributed by atoms with Crippen molar-refractivity contribution in [2.75, 3.05) is 0 Å². The molecular weight excluding hydrogens is 212 g/mol. The van der Waals surface area contributed by atoms with Gasteiger partial charge in [-0.2, -0.15) is 0 Å². The van der Waals surface area contributed by atoms with E-state index < -0.39 is 15.5 Å². The van der Waals surface area contributed by atoms with Crippen LogP contribution in [0, 0.1) is 20.2 Å². The Kier molecular flexibility index (Phi) is 3.93. The molecule has 0 saturated carbocycles. The number of rotatable bonds is 5. The van der Waals surface area contributed by atoms with Crippen LogP contribution in [0.15, 0.2) is 18.2 Å². The largest absolute Gasteiger partial charge is 0.349 e. The van der Waals surface area contributed by atoms with Gasteiger partial charge in [0.05, 0.1) is 9.85 Å². The fraction of sp³-hybridized carbons (Fsp3) is 0.400. The average Bonchev–Trinajstić information content (AvgIpc) is 2.25. The summed E-state index contributed by atoms with van der Waals surface area (Å²) in [7, 11) is 0. The van der Waals surface area contributed by atoms with Crippen LogP contribution in [0.1, 0.15) is 25.3 Å². The van der Waals surface area contributed by atoms with Gasteiger partial charge in [-0.05, 0) is 12.8 Å². The molecule has 16 heavy (non-hydrogen) atoms. The highest BCUT2D eigenvalue weighted by Gasteiger charge is 2.27. The molecule has 86 valence electrons. The van der Waals surface area contributed by atoms with E-state index in [1.165, 1.54) is 6.07 Å². The van der Waals surface area contributed by atoms with Gasteiger partial charge in [0.25, 0.3) is 0 Å². The highest BCUT2D eigenvalue weighted by atomic mass is 16.6. The molecule has 0 fully saturated rings. The molecule has 0 unspecified atom stereocenters. The van der Waals surface area contributed by atoms with Gasteiger partial charge in [-0.25, -0.2) is 0 Å². The van der Waals surface area contributed by atoms with E-state index in [1.807, 2.05) is 6.92 Å². The topological polar surface area (TPSA) is 86.3 Å². The molecule has 0 aliphatic heterocycles. The summed E-state index contributed by atoms with van der Waals surface area (Å²) in [6, 6.07) is 4.21. The van der Waals surface area contributed by atoms with Crippen LogP contribution in [0.25, 0.3) is 0 Å². The Morgan fingerprint density at radius 3 is 2.38 bits per heavy atom. The molecule has 0 aliphatic rings. The second-order valence-electron chi connectivity index (χ2n) is 3.40. The lowest BCUT2D eigenvalue weighted by Gasteiger charge is -2.02. The van der Waals surface area contributed by atoms with Gasteiger partial charge >= 0.3 is 11.4 Å². The zero-order valence-electron chi connectivity index (χ0n) is 8.88. The fourth-order valence-electron chi connectivity index (χ4n) is 1.50. The lowest BCUT2D eigenvalue weighted by molar-refractivity contribution is -0.423. The SMILES string of the molecule is CCCCc1cccc([N+](=O)[O-])c1[N+](=O)[O-]. The molecule has 1 rings (SSSR count). The van der Waals surface area contributed by atoms with Gasteiger partial charge in [0.1, 0.15) is 0 Å². The first-order valence-electron chi connectivity index (χ1n) is 4.98. The van der Waals surface area contributed by atoms with Crippen LogP contribution in [0.3, 0.4) is 0 Å². The molecule has 0 aromatic heterocycles. The molecule has 0 atom stereocenters. The summed E-state index contributed by atoms with van der Waals surface area (Å²) in [6.07, 6.45) is 2.16. The van der Waals surface area contributed by atoms with Gasteiger partial charge in [0.15, 0.2) is 0 Å². The standard InChI is InChI=1S/C10H12N2O4/c1-2-3-5-8-6-4-7-9(11(13)14)10(8)12(15)16/h4,6-7H,2-3,5H2,1H3. The molecule has 0 amide bonds. The van der Waals surface area contributed by atoms with Crippen molar-refractivity contribution in [2.45, 2.75) is 26.2 Å². The Hall–Kier alpha value is -1.98. The first-order valence-corrected chi connectivity index (χ1v) is 4.98. The van der Waals surface area contributed by atoms with E-state index in [2.05, 4.69) is 0 Å². The van der Waals surface area contributed by atoms with Crippen LogP contribution in [-0.4, -0.2) is 9.85 Å². The van der Waals surface area contributed by atoms with Crippen molar-refractivity contribution < 1.29 is 9.85 Å². The molecular formula is C10H12N2O4. The molecule has 0 saturated heterocycles. The average molecular weight is 224 g/mol. The summed E-state index contributed by atoms with van der Waals surface area (Å²) in [4.78, 5) is 20.1. The molecule has 0 bridgehead atoms. The van der Waals surface area contributed by atoms with Gasteiger partial charge in [0.2, 0.25) is 0 Å². The molecule has 0 spiro atoms. The normalized spacial score (nSPS) is 10.1. The van der Waals surface area contributed by atoms with Crippen LogP contribution in [0.4, 0.5) is 11.4 Å². The predicted octanol–water partition coefficient (Wildman–Crippen LogP) is 2.85. The zero-order chi connectivity index (χ0) is 12.1. The van der Waals surface area contributed by atoms with Gasteiger partial charge in [-0.3, -0.25) is 20.2 Å². The Bertz CT molecular complexity index is 417. The van der Waals surface area contributed by atoms with Crippen LogP contribution in [0.5, 0.6) is 0 Å². The van der Waals surface area contributed by atoms with Crippen molar-refractivity contribution in [3.63, 3.8) is 0 Å². The lowest BCUT2D eigenvalue weighted by atomic mass is 10.1. The Balaban J connectivity index is 3.21. The van der Waals surface area contributed by atoms with Gasteiger partial charge < -0.3 is 0 Å². The first-order chi connectivity index (χ1) is 7.57. The Morgan fingerprint density at radius 1 is 1.19 bits per heavy atom. The molecule has 6 nitrogen and oxygen atoms in total. The van der Waals surface area contributed by atoms with Crippen molar-refractivity contribution >= 4 is 11.4 Å². The molecule has 0 aliphatic carbocycles. The fourth-order valence-corrected chi connectivity index (χ4v) is 1.50. The van der Waals surface area contributed by atoms with Crippen LogP contribution in [-0.2, 0) is 6.42 Å². The molecule has 0 radical (unpaired) electrons. The summed E-state index contributed by atoms with van der Waals surface area (Å²) in [5, 5.41) is 21.5. The van der Waals surface area contributed by atoms with Gasteiger partial charge in [-0.1, -0.05) is 25.5 Å². The molecule has 1 aromatic carbocycles. The molecule has 0 heterocycles. The second kappa shape index (κ2) is 5.20. The molecule has 1 aromatic rings. The number of para-hydroxylation sites is 1. The predicted molar refractivity (Wildman–Crippen MR) is 58.4 cm³/mol. The third-order valence-electron chi connectivity index (χ3n) is 2.28. The third kappa shape index (κ3) is 2.53. The summed E-state index contributed by atoms with van der Waals surface area (Å²) in [6.45, 7) is 1.96. The smallest absolute Gasteiger partial charge is 0.258 e. The lowest BCUT2D eigenvalue weighted by Crippen LogP contribution is -2.00. The number of aryl methyl sites for hydroxylation is 1. The van der Waals surface area contributed by atoms with E-state index in [1.54, 1.807) is 6.07 Å². The molecule has 6 heteroatoms. The van der Waals surface area contributed by atoms with Crippen molar-refractivity contribution in [1.29, 1.82) is 0 Å². The van der Waals surface area contributed by atoms with E-state index in [0.717, 1.165) is 18.9 Å². The van der Waals surface area contributed by atoms with Crippen LogP contribution >= 0.6 is 0 Å². The van der Waals surface area contributed by atoms with E-state index in [0.29, 0.717) is 12.0 Å². The minimum atomic E-state index is -0.715. The van der Waals surface area contributed by atoms with Crippen LogP contribution in [0.2, 0.25) is 0 Å². The minimum absolute atomic E-state index is 0.374. The maximum absolute atomic E-state index is 10.8. The second-order valence-corrected chi connectivity index (χ2v) is 3.40. The monoisotopic (exact) mass is 224 g/mol. The van der Waals surface area contributed by atoms with Crippen molar-refractivity contribution in [2.24, 2.45) is 0 Å². The number of nitrogens with zero attached hydrogens (tertiary/aromatic N) is 2. The summed E-state index contributed by atoms with van der Waals surface area (Å²) >= 11 is 0. The number of unbranched alkanes of at least 4 members (excludes halogenated alkanes) is 1. The van der Waals surface area contributed by atoms with Crippen molar-refractivity contribution in [1.82, 2.24) is 0 Å². The van der Waals surface area contributed by atoms with Crippen LogP contribution < -0.4 is 0 Å². The summed E-state index contributed by atoms with van der Waals surface area (Å²) in [5.74, 6) is 0. The van der Waals surface area contributed by atoms with E-state index >= 15 is 0 Å². The Morgan fingerprint density at radius 2 is 1.88 bits per heavy atom. The third-order valence-corrected chi connectivity index (χ3v) is 2.28. The quantitative estimate of drug-likeness (QED) is 0.568.